The molecule has 3 heterocycles. The standard InChI is InChI=1S/C29H30ClF3N6O4.CH2O2/c1-37-23(17-4-7-24(22(31)13-17)43-29(32)33)16-35-26(37)27(41)36-19-5-6-20(21(30)14-19)28(42)39-11-9-38(10-12-39)25(40)15-18-3-2-8-34-18;2-1-3/h4-7,13-14,16,18,29,34H,2-3,8-12,15H2,1H3,(H,36,41);1H,(H,2,3)/t18-;/m0./s1. The summed E-state index contributed by atoms with van der Waals surface area (Å²) in [4.78, 5) is 54.7. The van der Waals surface area contributed by atoms with Crippen LogP contribution in [-0.4, -0.2) is 94.0 Å². The monoisotopic (exact) mass is 664 g/mol. The number of alkyl halides is 2. The second-order valence-electron chi connectivity index (χ2n) is 10.5. The Labute approximate surface area is 267 Å². The second-order valence-corrected chi connectivity index (χ2v) is 10.9. The van der Waals surface area contributed by atoms with Gasteiger partial charge >= 0.3 is 6.61 Å². The smallest absolute Gasteiger partial charge is 0.387 e. The van der Waals surface area contributed by atoms with E-state index in [1.165, 1.54) is 29.0 Å². The number of nitrogens with zero attached hydrogens (tertiary/aromatic N) is 4. The first-order chi connectivity index (χ1) is 22.0. The normalized spacial score (nSPS) is 16.1. The maximum atomic E-state index is 14.2. The molecule has 1 aromatic heterocycles. The lowest BCUT2D eigenvalue weighted by molar-refractivity contribution is -0.133. The molecule has 246 valence electrons. The quantitative estimate of drug-likeness (QED) is 0.308. The molecule has 3 amide bonds. The Morgan fingerprint density at radius 1 is 1.15 bits per heavy atom. The van der Waals surface area contributed by atoms with Crippen LogP contribution in [0.5, 0.6) is 5.75 Å². The number of imidazole rings is 1. The summed E-state index contributed by atoms with van der Waals surface area (Å²) < 4.78 is 44.6. The molecule has 3 N–H and O–H groups in total. The number of hydrogen-bond acceptors (Lipinski definition) is 7. The average Bonchev–Trinajstić information content (AvgIpc) is 3.68. The van der Waals surface area contributed by atoms with Crippen molar-refractivity contribution >= 4 is 41.5 Å². The molecule has 46 heavy (non-hydrogen) atoms. The first-order valence-corrected chi connectivity index (χ1v) is 14.7. The minimum atomic E-state index is -3.16. The number of carboxylic acid groups (broad SMARTS) is 1. The van der Waals surface area contributed by atoms with Gasteiger partial charge in [0.1, 0.15) is 0 Å². The van der Waals surface area contributed by atoms with Gasteiger partial charge in [-0.1, -0.05) is 11.6 Å². The molecule has 0 saturated carbocycles. The average molecular weight is 665 g/mol. The lowest BCUT2D eigenvalue weighted by atomic mass is 10.1. The summed E-state index contributed by atoms with van der Waals surface area (Å²) in [6.45, 7) is -0.778. The molecule has 1 atom stereocenters. The first kappa shape index (κ1) is 34.2. The van der Waals surface area contributed by atoms with E-state index in [4.69, 9.17) is 21.5 Å². The summed E-state index contributed by atoms with van der Waals surface area (Å²) in [7, 11) is 1.55. The van der Waals surface area contributed by atoms with E-state index >= 15 is 0 Å². The molecule has 0 unspecified atom stereocenters. The van der Waals surface area contributed by atoms with Crippen molar-refractivity contribution in [2.45, 2.75) is 31.9 Å². The van der Waals surface area contributed by atoms with E-state index in [9.17, 15) is 27.6 Å². The number of carbonyl (C=O) groups is 4. The lowest BCUT2D eigenvalue weighted by Crippen LogP contribution is -2.51. The molecule has 5 rings (SSSR count). The zero-order valence-corrected chi connectivity index (χ0v) is 25.5. The molecule has 0 bridgehead atoms. The van der Waals surface area contributed by atoms with Crippen LogP contribution in [0, 0.1) is 5.82 Å². The Hall–Kier alpha value is -4.63. The number of anilines is 1. The van der Waals surface area contributed by atoms with E-state index in [0.29, 0.717) is 49.5 Å². The van der Waals surface area contributed by atoms with Gasteiger partial charge in [0.2, 0.25) is 5.91 Å². The minimum absolute atomic E-state index is 0.00396. The molecule has 0 aliphatic carbocycles. The molecule has 12 nitrogen and oxygen atoms in total. The molecule has 2 saturated heterocycles. The van der Waals surface area contributed by atoms with E-state index < -0.39 is 24.1 Å². The number of halogens is 4. The van der Waals surface area contributed by atoms with Gasteiger partial charge in [0, 0.05) is 56.9 Å². The topological polar surface area (TPSA) is 146 Å². The number of carbonyl (C=O) groups excluding carboxylic acids is 3. The van der Waals surface area contributed by atoms with Crippen LogP contribution in [0.1, 0.15) is 40.2 Å². The summed E-state index contributed by atoms with van der Waals surface area (Å²) >= 11 is 6.44. The van der Waals surface area contributed by atoms with Gasteiger partial charge in [0.05, 0.1) is 22.5 Å². The van der Waals surface area contributed by atoms with E-state index in [1.54, 1.807) is 22.9 Å². The molecule has 2 aliphatic rings. The van der Waals surface area contributed by atoms with E-state index in [2.05, 4.69) is 20.4 Å². The van der Waals surface area contributed by atoms with Gasteiger partial charge in [-0.2, -0.15) is 8.78 Å². The predicted molar refractivity (Wildman–Crippen MR) is 161 cm³/mol. The number of ether oxygens (including phenoxy) is 1. The molecule has 2 fully saturated rings. The lowest BCUT2D eigenvalue weighted by Gasteiger charge is -2.35. The molecule has 0 radical (unpaired) electrons. The maximum Gasteiger partial charge on any atom is 0.387 e. The number of benzene rings is 2. The van der Waals surface area contributed by atoms with Gasteiger partial charge in [-0.15, -0.1) is 0 Å². The van der Waals surface area contributed by atoms with Crippen molar-refractivity contribution < 1.29 is 42.2 Å². The largest absolute Gasteiger partial charge is 0.483 e. The Morgan fingerprint density at radius 3 is 2.46 bits per heavy atom. The Balaban J connectivity index is 0.00000154. The Bertz CT molecular complexity index is 1570. The fourth-order valence-corrected chi connectivity index (χ4v) is 5.56. The zero-order valence-electron chi connectivity index (χ0n) is 24.7. The van der Waals surface area contributed by atoms with Crippen LogP contribution >= 0.6 is 11.6 Å². The summed E-state index contributed by atoms with van der Waals surface area (Å²) in [5, 5.41) is 13.1. The summed E-state index contributed by atoms with van der Waals surface area (Å²) in [5.74, 6) is -2.34. The summed E-state index contributed by atoms with van der Waals surface area (Å²) in [6, 6.07) is 8.22. The first-order valence-electron chi connectivity index (χ1n) is 14.3. The highest BCUT2D eigenvalue weighted by Gasteiger charge is 2.28. The van der Waals surface area contributed by atoms with E-state index in [0.717, 1.165) is 31.5 Å². The summed E-state index contributed by atoms with van der Waals surface area (Å²) in [6.07, 6.45) is 3.90. The molecule has 2 aliphatic heterocycles. The van der Waals surface area contributed by atoms with Crippen LogP contribution in [-0.2, 0) is 16.6 Å². The van der Waals surface area contributed by atoms with Crippen molar-refractivity contribution in [3.63, 3.8) is 0 Å². The van der Waals surface area contributed by atoms with Crippen LogP contribution in [0.3, 0.4) is 0 Å². The number of rotatable bonds is 8. The fraction of sp³-hybridized carbons (Fsp3) is 0.367. The number of hydrogen-bond donors (Lipinski definition) is 3. The van der Waals surface area contributed by atoms with E-state index in [1.807, 2.05) is 0 Å². The predicted octanol–water partition coefficient (Wildman–Crippen LogP) is 3.86. The number of piperazine rings is 1. The molecule has 16 heteroatoms. The molecule has 0 spiro atoms. The van der Waals surface area contributed by atoms with E-state index in [-0.39, 0.29) is 40.7 Å². The molecular formula is C30H32ClF3N6O6. The van der Waals surface area contributed by atoms with Gasteiger partial charge < -0.3 is 34.8 Å². The molecule has 2 aromatic carbocycles. The van der Waals surface area contributed by atoms with Crippen LogP contribution in [0.4, 0.5) is 18.9 Å². The van der Waals surface area contributed by atoms with Crippen molar-refractivity contribution in [3.05, 3.63) is 64.8 Å². The summed E-state index contributed by atoms with van der Waals surface area (Å²) in [5.41, 5.74) is 1.26. The third kappa shape index (κ3) is 8.34. The SMILES string of the molecule is Cn1c(-c2ccc(OC(F)F)c(F)c2)cnc1C(=O)Nc1ccc(C(=O)N2CCN(C(=O)C[C@@H]3CCCN3)CC2)c(Cl)c1.O=CO. The van der Waals surface area contributed by atoms with Gasteiger partial charge in [0.15, 0.2) is 17.4 Å². The van der Waals surface area contributed by atoms with Crippen LogP contribution in [0.25, 0.3) is 11.3 Å². The van der Waals surface area contributed by atoms with Crippen LogP contribution in [0.2, 0.25) is 5.02 Å². The maximum absolute atomic E-state index is 14.2. The van der Waals surface area contributed by atoms with Gasteiger partial charge in [-0.3, -0.25) is 19.2 Å². The van der Waals surface area contributed by atoms with Crippen LogP contribution in [0.15, 0.2) is 42.6 Å². The number of aromatic nitrogens is 2. The third-order valence-corrected chi connectivity index (χ3v) is 7.91. The van der Waals surface area contributed by atoms with Crippen molar-refractivity contribution in [1.82, 2.24) is 24.7 Å². The van der Waals surface area contributed by atoms with Crippen molar-refractivity contribution in [3.8, 4) is 17.0 Å². The van der Waals surface area contributed by atoms with Crippen LogP contribution < -0.4 is 15.4 Å². The second kappa shape index (κ2) is 15.6. The zero-order chi connectivity index (χ0) is 33.4. The highest BCUT2D eigenvalue weighted by molar-refractivity contribution is 6.34. The minimum Gasteiger partial charge on any atom is -0.483 e. The Kier molecular flexibility index (Phi) is 11.6. The highest BCUT2D eigenvalue weighted by Crippen LogP contribution is 2.28. The van der Waals surface area contributed by atoms with Gasteiger partial charge in [-0.05, 0) is 55.8 Å². The number of nitrogens with one attached hydrogen (secondary N) is 2. The fourth-order valence-electron chi connectivity index (χ4n) is 5.29. The Morgan fingerprint density at radius 2 is 1.85 bits per heavy atom. The van der Waals surface area contributed by atoms with Crippen molar-refractivity contribution in [1.29, 1.82) is 0 Å². The third-order valence-electron chi connectivity index (χ3n) is 7.60. The highest BCUT2D eigenvalue weighted by atomic mass is 35.5. The van der Waals surface area contributed by atoms with Gasteiger partial charge in [0.25, 0.3) is 18.3 Å². The molecule has 3 aromatic rings. The van der Waals surface area contributed by atoms with Gasteiger partial charge in [-0.25, -0.2) is 9.37 Å². The van der Waals surface area contributed by atoms with Crippen molar-refractivity contribution in [2.75, 3.05) is 38.0 Å². The van der Waals surface area contributed by atoms with Crippen molar-refractivity contribution in [2.24, 2.45) is 7.05 Å². The number of amides is 3. The molecular weight excluding hydrogens is 633 g/mol.